The van der Waals surface area contributed by atoms with Crippen LogP contribution in [0.25, 0.3) is 0 Å². The Morgan fingerprint density at radius 3 is 2.13 bits per heavy atom. The molecule has 2 heteroatoms. The molecule has 0 amide bonds. The molecular weight excluding hydrogens is 300 g/mol. The van der Waals surface area contributed by atoms with Crippen LogP contribution in [0.4, 0.5) is 0 Å². The molecule has 2 atom stereocenters. The highest BCUT2D eigenvalue weighted by atomic mass is 32.1. The first-order valence-corrected chi connectivity index (χ1v) is 9.87. The minimum Gasteiger partial charge on any atom is -0.502 e. The van der Waals surface area contributed by atoms with Crippen molar-refractivity contribution >= 4 is 17.3 Å². The minimum atomic E-state index is 0.0194. The van der Waals surface area contributed by atoms with Gasteiger partial charge in [0.2, 0.25) is 0 Å². The summed E-state index contributed by atoms with van der Waals surface area (Å²) in [5, 5.41) is 10.1. The molecule has 0 aromatic heterocycles. The Bertz CT molecular complexity index is 415. The minimum absolute atomic E-state index is 0.0194. The van der Waals surface area contributed by atoms with Gasteiger partial charge in [-0.1, -0.05) is 95.5 Å². The highest BCUT2D eigenvalue weighted by Crippen LogP contribution is 2.29. The van der Waals surface area contributed by atoms with E-state index in [2.05, 4.69) is 26.0 Å². The lowest BCUT2D eigenvalue weighted by atomic mass is 9.86. The third kappa shape index (κ3) is 8.50. The van der Waals surface area contributed by atoms with Gasteiger partial charge in [0.15, 0.2) is 5.05 Å². The van der Waals surface area contributed by atoms with Crippen LogP contribution in [0.2, 0.25) is 0 Å². The van der Waals surface area contributed by atoms with Gasteiger partial charge in [0.05, 0.1) is 5.92 Å². The maximum absolute atomic E-state index is 9.93. The van der Waals surface area contributed by atoms with Crippen LogP contribution in [0.15, 0.2) is 30.3 Å². The van der Waals surface area contributed by atoms with Crippen LogP contribution >= 0.6 is 12.2 Å². The van der Waals surface area contributed by atoms with Crippen LogP contribution in [0.5, 0.6) is 0 Å². The van der Waals surface area contributed by atoms with Crippen molar-refractivity contribution in [2.24, 2.45) is 5.92 Å². The van der Waals surface area contributed by atoms with Crippen molar-refractivity contribution in [2.45, 2.75) is 84.0 Å². The average molecular weight is 335 g/mol. The third-order valence-corrected chi connectivity index (χ3v) is 5.08. The molecule has 130 valence electrons. The van der Waals surface area contributed by atoms with E-state index in [4.69, 9.17) is 12.2 Å². The largest absolute Gasteiger partial charge is 0.502 e. The van der Waals surface area contributed by atoms with E-state index >= 15 is 0 Å². The molecule has 1 aromatic rings. The lowest BCUT2D eigenvalue weighted by molar-refractivity contribution is 0.370. The van der Waals surface area contributed by atoms with Crippen LogP contribution in [-0.2, 0) is 0 Å². The van der Waals surface area contributed by atoms with Gasteiger partial charge in [-0.05, 0) is 36.5 Å². The molecule has 0 aliphatic rings. The Hall–Kier alpha value is -0.890. The Labute approximate surface area is 148 Å². The van der Waals surface area contributed by atoms with E-state index in [1.807, 2.05) is 18.2 Å². The fourth-order valence-electron chi connectivity index (χ4n) is 3.31. The molecule has 0 saturated carbocycles. The van der Waals surface area contributed by atoms with Gasteiger partial charge in [0.25, 0.3) is 0 Å². The Kier molecular flexibility index (Phi) is 11.0. The number of unbranched alkanes of at least 4 members (excludes halogenated alkanes) is 4. The number of thiocarbonyl (C=S) groups is 1. The molecule has 0 saturated heterocycles. The van der Waals surface area contributed by atoms with Gasteiger partial charge in [0, 0.05) is 0 Å². The van der Waals surface area contributed by atoms with Crippen LogP contribution < -0.4 is 0 Å². The summed E-state index contributed by atoms with van der Waals surface area (Å²) in [6.07, 6.45) is 12.8. The summed E-state index contributed by atoms with van der Waals surface area (Å²) >= 11 is 5.12. The van der Waals surface area contributed by atoms with Crippen LogP contribution in [0.1, 0.15) is 89.5 Å². The van der Waals surface area contributed by atoms with Crippen molar-refractivity contribution in [1.82, 2.24) is 0 Å². The predicted molar refractivity (Wildman–Crippen MR) is 105 cm³/mol. The number of rotatable bonds is 13. The molecule has 0 fully saturated rings. The van der Waals surface area contributed by atoms with Crippen molar-refractivity contribution < 1.29 is 5.11 Å². The second-order valence-corrected chi connectivity index (χ2v) is 7.15. The van der Waals surface area contributed by atoms with Crippen LogP contribution in [0.3, 0.4) is 0 Å². The average Bonchev–Trinajstić information content (AvgIpc) is 2.56. The normalized spacial score (nSPS) is 13.7. The van der Waals surface area contributed by atoms with E-state index in [1.54, 1.807) is 0 Å². The maximum Gasteiger partial charge on any atom is 0.164 e. The SMILES string of the molecule is CCCCCCC(CCCC)CCC(C(O)=S)c1ccccc1. The van der Waals surface area contributed by atoms with Crippen LogP contribution in [0, 0.1) is 5.92 Å². The fraction of sp³-hybridized carbons (Fsp3) is 0.667. The Balaban J connectivity index is 2.53. The van der Waals surface area contributed by atoms with Gasteiger partial charge in [-0.15, -0.1) is 0 Å². The number of aliphatic hydroxyl groups excluding tert-OH is 1. The quantitative estimate of drug-likeness (QED) is 0.304. The van der Waals surface area contributed by atoms with E-state index in [1.165, 1.54) is 57.8 Å². The summed E-state index contributed by atoms with van der Waals surface area (Å²) in [7, 11) is 0. The molecule has 0 heterocycles. The molecular formula is C21H34OS. The molecule has 1 aromatic carbocycles. The van der Waals surface area contributed by atoms with Gasteiger partial charge < -0.3 is 5.11 Å². The number of hydrogen-bond donors (Lipinski definition) is 1. The highest BCUT2D eigenvalue weighted by Gasteiger charge is 2.18. The molecule has 1 nitrogen and oxygen atoms in total. The highest BCUT2D eigenvalue weighted by molar-refractivity contribution is 7.80. The number of hydrogen-bond acceptors (Lipinski definition) is 1. The zero-order chi connectivity index (χ0) is 16.9. The molecule has 1 N–H and O–H groups in total. The molecule has 0 aliphatic heterocycles. The zero-order valence-corrected chi connectivity index (χ0v) is 15.8. The molecule has 0 spiro atoms. The first-order valence-electron chi connectivity index (χ1n) is 9.46. The molecule has 23 heavy (non-hydrogen) atoms. The van der Waals surface area contributed by atoms with Crippen molar-refractivity contribution in [2.75, 3.05) is 0 Å². The Morgan fingerprint density at radius 1 is 0.870 bits per heavy atom. The van der Waals surface area contributed by atoms with Gasteiger partial charge >= 0.3 is 0 Å². The summed E-state index contributed by atoms with van der Waals surface area (Å²) in [6, 6.07) is 10.2. The summed E-state index contributed by atoms with van der Waals surface area (Å²) < 4.78 is 0. The number of aliphatic hydroxyl groups is 1. The first kappa shape index (κ1) is 20.2. The van der Waals surface area contributed by atoms with Crippen molar-refractivity contribution in [3.63, 3.8) is 0 Å². The van der Waals surface area contributed by atoms with Gasteiger partial charge in [-0.3, -0.25) is 0 Å². The molecule has 0 bridgehead atoms. The lowest BCUT2D eigenvalue weighted by Gasteiger charge is -2.20. The van der Waals surface area contributed by atoms with Crippen molar-refractivity contribution in [3.05, 3.63) is 35.9 Å². The fourth-order valence-corrected chi connectivity index (χ4v) is 3.56. The molecule has 0 aliphatic carbocycles. The molecule has 1 rings (SSSR count). The van der Waals surface area contributed by atoms with Crippen molar-refractivity contribution in [3.8, 4) is 0 Å². The van der Waals surface area contributed by atoms with E-state index in [-0.39, 0.29) is 11.0 Å². The topological polar surface area (TPSA) is 20.2 Å². The predicted octanol–water partition coefficient (Wildman–Crippen LogP) is 7.21. The van der Waals surface area contributed by atoms with E-state index < -0.39 is 0 Å². The van der Waals surface area contributed by atoms with Crippen molar-refractivity contribution in [1.29, 1.82) is 0 Å². The van der Waals surface area contributed by atoms with Crippen LogP contribution in [-0.4, -0.2) is 10.2 Å². The smallest absolute Gasteiger partial charge is 0.164 e. The summed E-state index contributed by atoms with van der Waals surface area (Å²) in [4.78, 5) is 0. The van der Waals surface area contributed by atoms with E-state index in [0.29, 0.717) is 0 Å². The molecule has 0 radical (unpaired) electrons. The summed E-state index contributed by atoms with van der Waals surface area (Å²) in [5.41, 5.74) is 1.15. The lowest BCUT2D eigenvalue weighted by Crippen LogP contribution is -2.12. The maximum atomic E-state index is 9.93. The summed E-state index contributed by atoms with van der Waals surface area (Å²) in [5.74, 6) is 0.804. The Morgan fingerprint density at radius 2 is 1.52 bits per heavy atom. The third-order valence-electron chi connectivity index (χ3n) is 4.80. The van der Waals surface area contributed by atoms with Gasteiger partial charge in [-0.25, -0.2) is 0 Å². The van der Waals surface area contributed by atoms with E-state index in [0.717, 1.165) is 17.9 Å². The second kappa shape index (κ2) is 12.5. The zero-order valence-electron chi connectivity index (χ0n) is 15.0. The summed E-state index contributed by atoms with van der Waals surface area (Å²) in [6.45, 7) is 4.53. The molecule has 2 unspecified atom stereocenters. The second-order valence-electron chi connectivity index (χ2n) is 6.74. The van der Waals surface area contributed by atoms with E-state index in [9.17, 15) is 5.11 Å². The monoisotopic (exact) mass is 334 g/mol. The first-order chi connectivity index (χ1) is 11.2. The number of benzene rings is 1. The van der Waals surface area contributed by atoms with Gasteiger partial charge in [-0.2, -0.15) is 0 Å². The van der Waals surface area contributed by atoms with Gasteiger partial charge in [0.1, 0.15) is 0 Å². The standard InChI is InChI=1S/C21H34OS/c1-3-5-7-9-13-18(12-6-4-2)16-17-20(21(22)23)19-14-10-8-11-15-19/h8,10-11,14-15,18,20H,3-7,9,12-13,16-17H2,1-2H3,(H,22,23).